The summed E-state index contributed by atoms with van der Waals surface area (Å²) < 4.78 is 11.1. The van der Waals surface area contributed by atoms with Crippen molar-refractivity contribution >= 4 is 0 Å². The Morgan fingerprint density at radius 3 is 2.67 bits per heavy atom. The lowest BCUT2D eigenvalue weighted by Crippen LogP contribution is -2.22. The van der Waals surface area contributed by atoms with Gasteiger partial charge in [0.2, 0.25) is 0 Å². The van der Waals surface area contributed by atoms with Gasteiger partial charge in [-0.1, -0.05) is 34.6 Å². The second-order valence-electron chi connectivity index (χ2n) is 6.27. The van der Waals surface area contributed by atoms with Crippen LogP contribution in [-0.2, 0) is 17.9 Å². The van der Waals surface area contributed by atoms with E-state index in [9.17, 15) is 0 Å². The second-order valence-corrected chi connectivity index (χ2v) is 6.27. The maximum absolute atomic E-state index is 5.68. The Kier molecular flexibility index (Phi) is 5.89. The van der Waals surface area contributed by atoms with Gasteiger partial charge < -0.3 is 14.5 Å². The van der Waals surface area contributed by atoms with Gasteiger partial charge in [0.05, 0.1) is 6.26 Å². The molecule has 0 atom stereocenters. The maximum atomic E-state index is 5.68. The van der Waals surface area contributed by atoms with Crippen LogP contribution in [0.4, 0.5) is 0 Å². The summed E-state index contributed by atoms with van der Waals surface area (Å²) in [6.45, 7) is 13.1. The molecule has 0 aliphatic carbocycles. The first-order valence-electron chi connectivity index (χ1n) is 6.75. The van der Waals surface area contributed by atoms with Gasteiger partial charge in [0.15, 0.2) is 0 Å². The summed E-state index contributed by atoms with van der Waals surface area (Å²) in [5.74, 6) is 0.942. The Morgan fingerprint density at radius 2 is 2.06 bits per heavy atom. The molecule has 104 valence electrons. The van der Waals surface area contributed by atoms with Crippen LogP contribution in [0.5, 0.6) is 0 Å². The molecule has 0 aliphatic rings. The van der Waals surface area contributed by atoms with E-state index < -0.39 is 0 Å². The molecule has 18 heavy (non-hydrogen) atoms. The molecule has 0 amide bonds. The first kappa shape index (κ1) is 15.3. The fourth-order valence-electron chi connectivity index (χ4n) is 1.51. The van der Waals surface area contributed by atoms with Crippen molar-refractivity contribution < 1.29 is 9.15 Å². The van der Waals surface area contributed by atoms with Crippen LogP contribution >= 0.6 is 0 Å². The van der Waals surface area contributed by atoms with Crippen LogP contribution in [0.1, 0.15) is 52.4 Å². The van der Waals surface area contributed by atoms with E-state index in [1.165, 1.54) is 5.56 Å². The number of ether oxygens (including phenoxy) is 1. The van der Waals surface area contributed by atoms with Crippen LogP contribution in [0.15, 0.2) is 16.7 Å². The van der Waals surface area contributed by atoms with Crippen molar-refractivity contribution in [2.45, 2.75) is 60.2 Å². The summed E-state index contributed by atoms with van der Waals surface area (Å²) in [5, 5.41) is 3.39. The zero-order chi connectivity index (χ0) is 13.6. The third kappa shape index (κ3) is 6.22. The van der Waals surface area contributed by atoms with E-state index in [1.54, 1.807) is 6.26 Å². The highest BCUT2D eigenvalue weighted by atomic mass is 16.5. The van der Waals surface area contributed by atoms with Gasteiger partial charge in [0.25, 0.3) is 0 Å². The van der Waals surface area contributed by atoms with Crippen LogP contribution < -0.4 is 5.32 Å². The van der Waals surface area contributed by atoms with E-state index in [-0.39, 0.29) is 0 Å². The SMILES string of the molecule is CC(C)NCc1ccoc1COCCC(C)(C)C. The molecule has 0 saturated heterocycles. The second kappa shape index (κ2) is 6.95. The van der Waals surface area contributed by atoms with Crippen molar-refractivity contribution in [3.63, 3.8) is 0 Å². The smallest absolute Gasteiger partial charge is 0.133 e. The third-order valence-corrected chi connectivity index (χ3v) is 2.77. The fourth-order valence-corrected chi connectivity index (χ4v) is 1.51. The fraction of sp³-hybridized carbons (Fsp3) is 0.733. The van der Waals surface area contributed by atoms with Crippen LogP contribution in [0.2, 0.25) is 0 Å². The average molecular weight is 253 g/mol. The van der Waals surface area contributed by atoms with E-state index in [0.717, 1.165) is 25.3 Å². The quantitative estimate of drug-likeness (QED) is 0.752. The van der Waals surface area contributed by atoms with E-state index in [1.807, 2.05) is 6.07 Å². The highest BCUT2D eigenvalue weighted by molar-refractivity contribution is 5.16. The Morgan fingerprint density at radius 1 is 1.33 bits per heavy atom. The van der Waals surface area contributed by atoms with Crippen molar-refractivity contribution in [3.8, 4) is 0 Å². The molecule has 0 aliphatic heterocycles. The molecule has 1 aromatic heterocycles. The van der Waals surface area contributed by atoms with E-state index in [2.05, 4.69) is 39.9 Å². The standard InChI is InChI=1S/C15H27NO2/c1-12(2)16-10-13-6-8-18-14(13)11-17-9-7-15(3,4)5/h6,8,12,16H,7,9-11H2,1-5H3. The van der Waals surface area contributed by atoms with Crippen LogP contribution in [0.3, 0.4) is 0 Å². The van der Waals surface area contributed by atoms with Crippen LogP contribution in [0, 0.1) is 5.41 Å². The van der Waals surface area contributed by atoms with Gasteiger partial charge in [0.1, 0.15) is 12.4 Å². The Balaban J connectivity index is 2.32. The number of nitrogens with one attached hydrogen (secondary N) is 1. The van der Waals surface area contributed by atoms with Crippen molar-refractivity contribution in [1.82, 2.24) is 5.32 Å². The summed E-state index contributed by atoms with van der Waals surface area (Å²) in [6, 6.07) is 2.49. The van der Waals surface area contributed by atoms with Gasteiger partial charge in [-0.2, -0.15) is 0 Å². The molecule has 3 nitrogen and oxygen atoms in total. The maximum Gasteiger partial charge on any atom is 0.133 e. The average Bonchev–Trinajstić information content (AvgIpc) is 2.67. The van der Waals surface area contributed by atoms with Gasteiger partial charge in [-0.05, 0) is 17.9 Å². The van der Waals surface area contributed by atoms with E-state index in [0.29, 0.717) is 18.1 Å². The van der Waals surface area contributed by atoms with Crippen molar-refractivity contribution in [2.24, 2.45) is 5.41 Å². The predicted octanol–water partition coefficient (Wildman–Crippen LogP) is 3.73. The lowest BCUT2D eigenvalue weighted by molar-refractivity contribution is 0.0837. The molecule has 3 heteroatoms. The Hall–Kier alpha value is -0.800. The minimum atomic E-state index is 0.325. The molecule has 0 unspecified atom stereocenters. The topological polar surface area (TPSA) is 34.4 Å². The molecular weight excluding hydrogens is 226 g/mol. The first-order valence-corrected chi connectivity index (χ1v) is 6.75. The number of hydrogen-bond donors (Lipinski definition) is 1. The first-order chi connectivity index (χ1) is 8.38. The summed E-state index contributed by atoms with van der Waals surface area (Å²) in [6.07, 6.45) is 2.80. The molecule has 0 spiro atoms. The number of hydrogen-bond acceptors (Lipinski definition) is 3. The molecule has 0 bridgehead atoms. The minimum absolute atomic E-state index is 0.325. The zero-order valence-electron chi connectivity index (χ0n) is 12.4. The minimum Gasteiger partial charge on any atom is -0.467 e. The Labute approximate surface area is 111 Å². The Bertz CT molecular complexity index is 337. The van der Waals surface area contributed by atoms with Crippen molar-refractivity contribution in [3.05, 3.63) is 23.7 Å². The molecule has 0 radical (unpaired) electrons. The normalized spacial score (nSPS) is 12.3. The molecular formula is C15H27NO2. The molecule has 1 aromatic rings. The van der Waals surface area contributed by atoms with Crippen molar-refractivity contribution in [1.29, 1.82) is 0 Å². The molecule has 1 heterocycles. The molecule has 1 N–H and O–H groups in total. The summed E-state index contributed by atoms with van der Waals surface area (Å²) in [7, 11) is 0. The molecule has 0 saturated carbocycles. The van der Waals surface area contributed by atoms with Crippen LogP contribution in [-0.4, -0.2) is 12.6 Å². The third-order valence-electron chi connectivity index (χ3n) is 2.77. The lowest BCUT2D eigenvalue weighted by atomic mass is 9.93. The lowest BCUT2D eigenvalue weighted by Gasteiger charge is -2.17. The van der Waals surface area contributed by atoms with Gasteiger partial charge >= 0.3 is 0 Å². The summed E-state index contributed by atoms with van der Waals surface area (Å²) >= 11 is 0. The predicted molar refractivity (Wildman–Crippen MR) is 74.4 cm³/mol. The molecule has 0 aromatic carbocycles. The summed E-state index contributed by atoms with van der Waals surface area (Å²) in [5.41, 5.74) is 1.52. The monoisotopic (exact) mass is 253 g/mol. The largest absolute Gasteiger partial charge is 0.467 e. The molecule has 1 rings (SSSR count). The zero-order valence-corrected chi connectivity index (χ0v) is 12.4. The highest BCUT2D eigenvalue weighted by Crippen LogP contribution is 2.19. The highest BCUT2D eigenvalue weighted by Gasteiger charge is 2.11. The van der Waals surface area contributed by atoms with E-state index in [4.69, 9.17) is 9.15 Å². The number of rotatable bonds is 7. The van der Waals surface area contributed by atoms with Gasteiger partial charge in [0, 0.05) is 24.8 Å². The van der Waals surface area contributed by atoms with Crippen molar-refractivity contribution in [2.75, 3.05) is 6.61 Å². The van der Waals surface area contributed by atoms with Gasteiger partial charge in [-0.3, -0.25) is 0 Å². The molecule has 0 fully saturated rings. The van der Waals surface area contributed by atoms with Crippen LogP contribution in [0.25, 0.3) is 0 Å². The number of furan rings is 1. The summed E-state index contributed by atoms with van der Waals surface area (Å²) in [4.78, 5) is 0. The van der Waals surface area contributed by atoms with Gasteiger partial charge in [-0.15, -0.1) is 0 Å². The van der Waals surface area contributed by atoms with Gasteiger partial charge in [-0.25, -0.2) is 0 Å². The van der Waals surface area contributed by atoms with E-state index >= 15 is 0 Å².